The minimum absolute atomic E-state index is 0.0975. The fraction of sp³-hybridized carbons (Fsp3) is 0.348. The van der Waals surface area contributed by atoms with E-state index in [-0.39, 0.29) is 12.5 Å². The Balaban J connectivity index is 1.43. The van der Waals surface area contributed by atoms with Crippen molar-refractivity contribution < 1.29 is 4.79 Å². The second-order valence-electron chi connectivity index (χ2n) is 7.79. The summed E-state index contributed by atoms with van der Waals surface area (Å²) in [5, 5.41) is 17.9. The Kier molecular flexibility index (Phi) is 5.71. The molecule has 0 saturated carbocycles. The molecule has 2 heterocycles. The van der Waals surface area contributed by atoms with Gasteiger partial charge in [0.15, 0.2) is 0 Å². The maximum Gasteiger partial charge on any atom is 0.239 e. The summed E-state index contributed by atoms with van der Waals surface area (Å²) >= 11 is 1.55. The van der Waals surface area contributed by atoms with E-state index in [1.165, 1.54) is 4.88 Å². The number of rotatable bonds is 6. The van der Waals surface area contributed by atoms with Crippen LogP contribution in [0.1, 0.15) is 39.4 Å². The first-order chi connectivity index (χ1) is 14.5. The third-order valence-electron chi connectivity index (χ3n) is 5.57. The Bertz CT molecular complexity index is 1120. The normalized spacial score (nSPS) is 12.8. The van der Waals surface area contributed by atoms with Crippen molar-refractivity contribution in [1.82, 2.24) is 14.7 Å². The molecule has 1 N–H and O–H groups in total. The summed E-state index contributed by atoms with van der Waals surface area (Å²) in [6.07, 6.45) is 3.05. The zero-order valence-electron chi connectivity index (χ0n) is 17.5. The van der Waals surface area contributed by atoms with Crippen molar-refractivity contribution in [3.8, 4) is 11.8 Å². The minimum Gasteiger partial charge on any atom is -0.315 e. The molecule has 0 bridgehead atoms. The van der Waals surface area contributed by atoms with Gasteiger partial charge in [0.05, 0.1) is 23.5 Å². The van der Waals surface area contributed by atoms with Gasteiger partial charge in [-0.1, -0.05) is 18.2 Å². The van der Waals surface area contributed by atoms with Gasteiger partial charge in [0, 0.05) is 22.7 Å². The topological polar surface area (TPSA) is 74.0 Å². The molecule has 0 radical (unpaired) electrons. The number of aryl methyl sites for hydroxylation is 2. The molecular weight excluding hydrogens is 394 g/mol. The van der Waals surface area contributed by atoms with E-state index in [0.717, 1.165) is 47.5 Å². The van der Waals surface area contributed by atoms with Crippen LogP contribution in [0.15, 0.2) is 30.3 Å². The highest BCUT2D eigenvalue weighted by Gasteiger charge is 2.23. The van der Waals surface area contributed by atoms with Crippen LogP contribution < -0.4 is 5.32 Å². The molecule has 0 atom stereocenters. The summed E-state index contributed by atoms with van der Waals surface area (Å²) in [7, 11) is 1.93. The molecule has 2 aromatic heterocycles. The van der Waals surface area contributed by atoms with E-state index in [4.69, 9.17) is 0 Å². The average molecular weight is 420 g/mol. The van der Waals surface area contributed by atoms with Gasteiger partial charge in [-0.15, -0.1) is 11.3 Å². The number of nitrogens with one attached hydrogen (secondary N) is 1. The van der Waals surface area contributed by atoms with Gasteiger partial charge in [-0.2, -0.15) is 10.4 Å². The number of carbonyl (C=O) groups is 1. The van der Waals surface area contributed by atoms with Crippen LogP contribution in [-0.2, 0) is 24.2 Å². The van der Waals surface area contributed by atoms with Gasteiger partial charge >= 0.3 is 0 Å². The number of hydrogen-bond acceptors (Lipinski definition) is 5. The Morgan fingerprint density at radius 2 is 2.07 bits per heavy atom. The number of amides is 1. The van der Waals surface area contributed by atoms with Gasteiger partial charge in [0.25, 0.3) is 0 Å². The lowest BCUT2D eigenvalue weighted by Crippen LogP contribution is -2.30. The number of fused-ring (bicyclic) bond motifs is 1. The van der Waals surface area contributed by atoms with Crippen molar-refractivity contribution in [2.45, 2.75) is 39.7 Å². The molecule has 1 aliphatic carbocycles. The summed E-state index contributed by atoms with van der Waals surface area (Å²) in [6, 6.07) is 12.3. The van der Waals surface area contributed by atoms with Crippen LogP contribution in [0.4, 0.5) is 5.00 Å². The third kappa shape index (κ3) is 3.89. The maximum absolute atomic E-state index is 12.6. The van der Waals surface area contributed by atoms with E-state index in [1.807, 2.05) is 53.9 Å². The summed E-state index contributed by atoms with van der Waals surface area (Å²) in [5.41, 5.74) is 5.98. The number of nitrogens with zero attached hydrogens (tertiary/aromatic N) is 4. The maximum atomic E-state index is 12.6. The van der Waals surface area contributed by atoms with Crippen LogP contribution in [0.2, 0.25) is 0 Å². The molecule has 0 aliphatic heterocycles. The zero-order valence-corrected chi connectivity index (χ0v) is 18.3. The number of likely N-dealkylation sites (N-methyl/N-ethyl adjacent to an activating group) is 1. The Morgan fingerprint density at radius 1 is 1.30 bits per heavy atom. The SMILES string of the molecule is Cc1nn(-c2ccccc2)c(C)c1CN(C)CC(=O)Nc1sc2c(c1C#N)CCC2. The monoisotopic (exact) mass is 419 g/mol. The number of benzene rings is 1. The Hall–Kier alpha value is -2.95. The summed E-state index contributed by atoms with van der Waals surface area (Å²) in [6.45, 7) is 4.94. The highest BCUT2D eigenvalue weighted by atomic mass is 32.1. The lowest BCUT2D eigenvalue weighted by atomic mass is 10.1. The van der Waals surface area contributed by atoms with Crippen molar-refractivity contribution in [2.75, 3.05) is 18.9 Å². The number of aromatic nitrogens is 2. The largest absolute Gasteiger partial charge is 0.315 e. The molecule has 0 saturated heterocycles. The van der Waals surface area contributed by atoms with Gasteiger partial charge in [-0.3, -0.25) is 9.69 Å². The van der Waals surface area contributed by atoms with Crippen molar-refractivity contribution in [3.05, 3.63) is 63.3 Å². The van der Waals surface area contributed by atoms with Crippen molar-refractivity contribution >= 4 is 22.2 Å². The molecule has 1 amide bonds. The van der Waals surface area contributed by atoms with Crippen LogP contribution in [-0.4, -0.2) is 34.2 Å². The van der Waals surface area contributed by atoms with Crippen LogP contribution in [0.3, 0.4) is 0 Å². The highest BCUT2D eigenvalue weighted by molar-refractivity contribution is 7.16. The summed E-state index contributed by atoms with van der Waals surface area (Å²) in [5.74, 6) is -0.0975. The zero-order chi connectivity index (χ0) is 21.3. The first-order valence-corrected chi connectivity index (χ1v) is 10.9. The molecule has 1 aliphatic rings. The number of anilines is 1. The van der Waals surface area contributed by atoms with Crippen LogP contribution in [0, 0.1) is 25.2 Å². The van der Waals surface area contributed by atoms with E-state index in [2.05, 4.69) is 23.4 Å². The minimum atomic E-state index is -0.0975. The van der Waals surface area contributed by atoms with Gasteiger partial charge in [0.1, 0.15) is 11.1 Å². The smallest absolute Gasteiger partial charge is 0.239 e. The first kappa shape index (κ1) is 20.3. The molecule has 3 aromatic rings. The fourth-order valence-electron chi connectivity index (χ4n) is 4.07. The third-order valence-corrected chi connectivity index (χ3v) is 6.78. The van der Waals surface area contributed by atoms with E-state index >= 15 is 0 Å². The number of carbonyl (C=O) groups excluding carboxylic acids is 1. The van der Waals surface area contributed by atoms with Gasteiger partial charge in [-0.05, 0) is 57.9 Å². The van der Waals surface area contributed by atoms with Crippen LogP contribution in [0.5, 0.6) is 0 Å². The van der Waals surface area contributed by atoms with Gasteiger partial charge in [-0.25, -0.2) is 4.68 Å². The molecule has 0 spiro atoms. The van der Waals surface area contributed by atoms with E-state index in [0.29, 0.717) is 17.1 Å². The van der Waals surface area contributed by atoms with Gasteiger partial charge in [0.2, 0.25) is 5.91 Å². The van der Waals surface area contributed by atoms with E-state index in [9.17, 15) is 10.1 Å². The standard InChI is InChI=1S/C23H25N5OS/c1-15-20(16(2)28(26-15)17-8-5-4-6-9-17)13-27(3)14-22(29)25-23-19(12-24)18-10-7-11-21(18)30-23/h4-6,8-9H,7,10-11,13-14H2,1-3H3,(H,25,29). The highest BCUT2D eigenvalue weighted by Crippen LogP contribution is 2.38. The predicted molar refractivity (Wildman–Crippen MR) is 119 cm³/mol. The number of nitriles is 1. The average Bonchev–Trinajstić information content (AvgIpc) is 3.37. The molecule has 0 fully saturated rings. The summed E-state index contributed by atoms with van der Waals surface area (Å²) < 4.78 is 1.95. The quantitative estimate of drug-likeness (QED) is 0.656. The number of para-hydroxylation sites is 1. The van der Waals surface area contributed by atoms with E-state index in [1.54, 1.807) is 11.3 Å². The van der Waals surface area contributed by atoms with Crippen molar-refractivity contribution in [2.24, 2.45) is 0 Å². The molecular formula is C23H25N5OS. The molecule has 30 heavy (non-hydrogen) atoms. The summed E-state index contributed by atoms with van der Waals surface area (Å²) in [4.78, 5) is 15.9. The number of thiophene rings is 1. The lowest BCUT2D eigenvalue weighted by molar-refractivity contribution is -0.117. The molecule has 6 nitrogen and oxygen atoms in total. The van der Waals surface area contributed by atoms with Crippen molar-refractivity contribution in [1.29, 1.82) is 5.26 Å². The van der Waals surface area contributed by atoms with Crippen LogP contribution in [0.25, 0.3) is 5.69 Å². The Morgan fingerprint density at radius 3 is 2.80 bits per heavy atom. The predicted octanol–water partition coefficient (Wildman–Crippen LogP) is 3.98. The molecule has 1 aromatic carbocycles. The second-order valence-corrected chi connectivity index (χ2v) is 8.90. The molecule has 4 rings (SSSR count). The second kappa shape index (κ2) is 8.42. The molecule has 7 heteroatoms. The Labute approximate surface area is 180 Å². The van der Waals surface area contributed by atoms with Crippen LogP contribution >= 0.6 is 11.3 Å². The van der Waals surface area contributed by atoms with Crippen molar-refractivity contribution in [3.63, 3.8) is 0 Å². The number of hydrogen-bond donors (Lipinski definition) is 1. The first-order valence-electron chi connectivity index (χ1n) is 10.1. The lowest BCUT2D eigenvalue weighted by Gasteiger charge is -2.16. The van der Waals surface area contributed by atoms with Gasteiger partial charge < -0.3 is 5.32 Å². The molecule has 154 valence electrons. The molecule has 0 unspecified atom stereocenters. The fourth-order valence-corrected chi connectivity index (χ4v) is 5.33. The van der Waals surface area contributed by atoms with E-state index < -0.39 is 0 Å².